The standard InChI is InChI=1S/C13H24O3/c1-5-7-12(2,3)11(14)6-8-13(4)15-9-10-16-13/h5,11,14H,1,6-10H2,2-4H3/t11-/m0/s1. The van der Waals surface area contributed by atoms with Gasteiger partial charge in [0.1, 0.15) is 0 Å². The zero-order valence-electron chi connectivity index (χ0n) is 10.7. The molecule has 0 spiro atoms. The van der Waals surface area contributed by atoms with Crippen LogP contribution in [-0.4, -0.2) is 30.2 Å². The largest absolute Gasteiger partial charge is 0.393 e. The lowest BCUT2D eigenvalue weighted by Crippen LogP contribution is -2.33. The van der Waals surface area contributed by atoms with Crippen molar-refractivity contribution >= 4 is 0 Å². The van der Waals surface area contributed by atoms with Crippen LogP contribution in [0.1, 0.15) is 40.0 Å². The van der Waals surface area contributed by atoms with Crippen molar-refractivity contribution in [1.29, 1.82) is 0 Å². The molecule has 1 aliphatic rings. The third-order valence-corrected chi connectivity index (χ3v) is 3.34. The fraction of sp³-hybridized carbons (Fsp3) is 0.846. The fourth-order valence-corrected chi connectivity index (χ4v) is 2.00. The van der Waals surface area contributed by atoms with Crippen molar-refractivity contribution in [3.8, 4) is 0 Å². The van der Waals surface area contributed by atoms with Crippen LogP contribution >= 0.6 is 0 Å². The minimum atomic E-state index is -0.495. The SMILES string of the molecule is C=CCC(C)(C)[C@@H](O)CCC1(C)OCCO1. The van der Waals surface area contributed by atoms with Crippen molar-refractivity contribution in [2.75, 3.05) is 13.2 Å². The molecule has 16 heavy (non-hydrogen) atoms. The second-order valence-electron chi connectivity index (χ2n) is 5.37. The smallest absolute Gasteiger partial charge is 0.165 e. The van der Waals surface area contributed by atoms with Crippen molar-refractivity contribution in [1.82, 2.24) is 0 Å². The lowest BCUT2D eigenvalue weighted by molar-refractivity contribution is -0.153. The Bertz CT molecular complexity index is 229. The number of aliphatic hydroxyl groups is 1. The molecule has 1 heterocycles. The van der Waals surface area contributed by atoms with Gasteiger partial charge >= 0.3 is 0 Å². The maximum atomic E-state index is 10.1. The van der Waals surface area contributed by atoms with E-state index in [2.05, 4.69) is 20.4 Å². The molecule has 1 aliphatic heterocycles. The monoisotopic (exact) mass is 228 g/mol. The second-order valence-corrected chi connectivity index (χ2v) is 5.37. The van der Waals surface area contributed by atoms with Gasteiger partial charge in [0.2, 0.25) is 0 Å². The summed E-state index contributed by atoms with van der Waals surface area (Å²) < 4.78 is 11.0. The van der Waals surface area contributed by atoms with E-state index in [0.29, 0.717) is 19.6 Å². The van der Waals surface area contributed by atoms with Gasteiger partial charge in [0.05, 0.1) is 19.3 Å². The molecule has 0 saturated carbocycles. The Morgan fingerprint density at radius 1 is 1.44 bits per heavy atom. The van der Waals surface area contributed by atoms with E-state index in [1.807, 2.05) is 13.0 Å². The predicted octanol–water partition coefficient (Wildman–Crippen LogP) is 2.49. The molecule has 1 rings (SSSR count). The summed E-state index contributed by atoms with van der Waals surface area (Å²) in [6, 6.07) is 0. The van der Waals surface area contributed by atoms with Crippen molar-refractivity contribution in [2.24, 2.45) is 5.41 Å². The second kappa shape index (κ2) is 5.30. The minimum absolute atomic E-state index is 0.128. The highest BCUT2D eigenvalue weighted by Crippen LogP contribution is 2.32. The Hall–Kier alpha value is -0.380. The molecule has 1 saturated heterocycles. The van der Waals surface area contributed by atoms with Gasteiger partial charge in [0.15, 0.2) is 5.79 Å². The van der Waals surface area contributed by atoms with Crippen LogP contribution in [0.2, 0.25) is 0 Å². The van der Waals surface area contributed by atoms with E-state index in [1.54, 1.807) is 0 Å². The minimum Gasteiger partial charge on any atom is -0.393 e. The van der Waals surface area contributed by atoms with E-state index >= 15 is 0 Å². The molecule has 0 aromatic carbocycles. The molecule has 0 aromatic rings. The molecule has 0 unspecified atom stereocenters. The van der Waals surface area contributed by atoms with Crippen LogP contribution < -0.4 is 0 Å². The Kier molecular flexibility index (Phi) is 4.53. The van der Waals surface area contributed by atoms with Crippen LogP contribution in [-0.2, 0) is 9.47 Å². The number of hydrogen-bond acceptors (Lipinski definition) is 3. The van der Waals surface area contributed by atoms with Crippen molar-refractivity contribution in [2.45, 2.75) is 51.9 Å². The van der Waals surface area contributed by atoms with E-state index in [-0.39, 0.29) is 11.5 Å². The molecule has 1 fully saturated rings. The number of hydrogen-bond donors (Lipinski definition) is 1. The molecule has 0 aliphatic carbocycles. The van der Waals surface area contributed by atoms with Crippen LogP contribution in [0.15, 0.2) is 12.7 Å². The summed E-state index contributed by atoms with van der Waals surface area (Å²) in [5, 5.41) is 10.1. The van der Waals surface area contributed by atoms with E-state index in [4.69, 9.17) is 9.47 Å². The Balaban J connectivity index is 2.39. The summed E-state index contributed by atoms with van der Waals surface area (Å²) in [7, 11) is 0. The molecule has 0 radical (unpaired) electrons. The van der Waals surface area contributed by atoms with Gasteiger partial charge in [-0.25, -0.2) is 0 Å². The predicted molar refractivity (Wildman–Crippen MR) is 64.1 cm³/mol. The highest BCUT2D eigenvalue weighted by Gasteiger charge is 2.34. The Labute approximate surface area is 98.4 Å². The van der Waals surface area contributed by atoms with Crippen molar-refractivity contribution < 1.29 is 14.6 Å². The van der Waals surface area contributed by atoms with E-state index in [0.717, 1.165) is 12.8 Å². The van der Waals surface area contributed by atoms with E-state index in [9.17, 15) is 5.11 Å². The molecule has 3 nitrogen and oxygen atoms in total. The summed E-state index contributed by atoms with van der Waals surface area (Å²) in [6.45, 7) is 11.1. The van der Waals surface area contributed by atoms with Gasteiger partial charge in [-0.15, -0.1) is 6.58 Å². The highest BCUT2D eigenvalue weighted by molar-refractivity contribution is 4.86. The first-order valence-electron chi connectivity index (χ1n) is 5.96. The first-order valence-corrected chi connectivity index (χ1v) is 5.96. The molecule has 94 valence electrons. The Morgan fingerprint density at radius 2 is 2.00 bits per heavy atom. The zero-order valence-corrected chi connectivity index (χ0v) is 10.7. The van der Waals surface area contributed by atoms with Crippen LogP contribution in [0, 0.1) is 5.41 Å². The molecular weight excluding hydrogens is 204 g/mol. The summed E-state index contributed by atoms with van der Waals surface area (Å²) in [6.07, 6.45) is 3.74. The van der Waals surface area contributed by atoms with E-state index in [1.165, 1.54) is 0 Å². The van der Waals surface area contributed by atoms with Crippen molar-refractivity contribution in [3.63, 3.8) is 0 Å². The third-order valence-electron chi connectivity index (χ3n) is 3.34. The van der Waals surface area contributed by atoms with Crippen LogP contribution in [0.5, 0.6) is 0 Å². The lowest BCUT2D eigenvalue weighted by atomic mass is 9.80. The maximum Gasteiger partial charge on any atom is 0.165 e. The molecular formula is C13H24O3. The molecule has 0 bridgehead atoms. The van der Waals surface area contributed by atoms with E-state index < -0.39 is 5.79 Å². The van der Waals surface area contributed by atoms with Gasteiger partial charge in [0, 0.05) is 6.42 Å². The zero-order chi connectivity index (χ0) is 12.2. The Morgan fingerprint density at radius 3 is 2.50 bits per heavy atom. The van der Waals surface area contributed by atoms with Gasteiger partial charge in [-0.3, -0.25) is 0 Å². The topological polar surface area (TPSA) is 38.7 Å². The van der Waals surface area contributed by atoms with Crippen LogP contribution in [0.3, 0.4) is 0 Å². The summed E-state index contributed by atoms with van der Waals surface area (Å²) >= 11 is 0. The molecule has 3 heteroatoms. The van der Waals surface area contributed by atoms with Gasteiger partial charge in [0.25, 0.3) is 0 Å². The highest BCUT2D eigenvalue weighted by atomic mass is 16.7. The maximum absolute atomic E-state index is 10.1. The third kappa shape index (κ3) is 3.58. The van der Waals surface area contributed by atoms with Gasteiger partial charge in [-0.1, -0.05) is 19.9 Å². The molecule has 1 N–H and O–H groups in total. The van der Waals surface area contributed by atoms with Gasteiger partial charge < -0.3 is 14.6 Å². The van der Waals surface area contributed by atoms with Crippen LogP contribution in [0.4, 0.5) is 0 Å². The number of allylic oxidation sites excluding steroid dienone is 1. The first-order chi connectivity index (χ1) is 7.40. The van der Waals surface area contributed by atoms with Gasteiger partial charge in [-0.2, -0.15) is 0 Å². The lowest BCUT2D eigenvalue weighted by Gasteiger charge is -2.32. The average Bonchev–Trinajstić information content (AvgIpc) is 2.62. The number of ether oxygens (including phenoxy) is 2. The summed E-state index contributed by atoms with van der Waals surface area (Å²) in [4.78, 5) is 0. The summed E-state index contributed by atoms with van der Waals surface area (Å²) in [5.41, 5.74) is -0.128. The molecule has 0 amide bonds. The first kappa shape index (κ1) is 13.7. The molecule has 0 aromatic heterocycles. The van der Waals surface area contributed by atoms with Gasteiger partial charge in [-0.05, 0) is 25.2 Å². The normalized spacial score (nSPS) is 22.0. The quantitative estimate of drug-likeness (QED) is 0.710. The summed E-state index contributed by atoms with van der Waals surface area (Å²) in [5.74, 6) is -0.495. The van der Waals surface area contributed by atoms with Crippen molar-refractivity contribution in [3.05, 3.63) is 12.7 Å². The van der Waals surface area contributed by atoms with Crippen LogP contribution in [0.25, 0.3) is 0 Å². The number of aliphatic hydroxyl groups excluding tert-OH is 1. The number of rotatable bonds is 6. The fourth-order valence-electron chi connectivity index (χ4n) is 2.00. The molecule has 1 atom stereocenters. The average molecular weight is 228 g/mol.